The van der Waals surface area contributed by atoms with E-state index < -0.39 is 0 Å². The Morgan fingerprint density at radius 2 is 1.77 bits per heavy atom. The van der Waals surface area contributed by atoms with Crippen LogP contribution in [0.2, 0.25) is 0 Å². The van der Waals surface area contributed by atoms with Crippen LogP contribution in [0.4, 0.5) is 0 Å². The van der Waals surface area contributed by atoms with Crippen molar-refractivity contribution < 1.29 is 14.1 Å². The first kappa shape index (κ1) is 22.3. The first-order chi connectivity index (χ1) is 15.1. The molecule has 2 saturated heterocycles. The van der Waals surface area contributed by atoms with Crippen LogP contribution in [-0.2, 0) is 22.4 Å². The number of amides is 2. The monoisotopic (exact) mass is 430 g/mol. The minimum atomic E-state index is 0.0981. The zero-order chi connectivity index (χ0) is 21.6. The summed E-state index contributed by atoms with van der Waals surface area (Å²) in [5, 5.41) is 7.87. The van der Waals surface area contributed by atoms with Crippen LogP contribution in [0.15, 0.2) is 10.6 Å². The maximum absolute atomic E-state index is 12.9. The highest BCUT2D eigenvalue weighted by Crippen LogP contribution is 2.29. The molecule has 7 heteroatoms. The number of hydrogen-bond acceptors (Lipinski definition) is 5. The van der Waals surface area contributed by atoms with Crippen molar-refractivity contribution in [3.63, 3.8) is 0 Å². The molecule has 3 heterocycles. The molecule has 0 spiro atoms. The normalized spacial score (nSPS) is 25.6. The van der Waals surface area contributed by atoms with Crippen LogP contribution >= 0.6 is 0 Å². The smallest absolute Gasteiger partial charge is 0.222 e. The minimum absolute atomic E-state index is 0.0981. The summed E-state index contributed by atoms with van der Waals surface area (Å²) in [6, 6.07) is 2.16. The summed E-state index contributed by atoms with van der Waals surface area (Å²) in [6.07, 6.45) is 10.2. The van der Waals surface area contributed by atoms with Crippen molar-refractivity contribution in [3.05, 3.63) is 17.5 Å². The van der Waals surface area contributed by atoms with E-state index in [2.05, 4.69) is 16.5 Å². The number of rotatable bonds is 6. The number of carbonyl (C=O) groups excluding carboxylic acids is 2. The average molecular weight is 431 g/mol. The van der Waals surface area contributed by atoms with E-state index in [0.717, 1.165) is 49.7 Å². The number of piperidine rings is 1. The van der Waals surface area contributed by atoms with Gasteiger partial charge >= 0.3 is 0 Å². The van der Waals surface area contributed by atoms with Crippen molar-refractivity contribution >= 4 is 11.8 Å². The van der Waals surface area contributed by atoms with Gasteiger partial charge in [-0.15, -0.1) is 0 Å². The van der Waals surface area contributed by atoms with Crippen LogP contribution in [0.3, 0.4) is 0 Å². The third kappa shape index (κ3) is 6.09. The molecule has 3 fully saturated rings. The Kier molecular flexibility index (Phi) is 7.64. The van der Waals surface area contributed by atoms with E-state index in [1.54, 1.807) is 6.92 Å². The summed E-state index contributed by atoms with van der Waals surface area (Å²) in [7, 11) is 0. The molecule has 0 aromatic carbocycles. The Balaban J connectivity index is 1.28. The van der Waals surface area contributed by atoms with Crippen molar-refractivity contribution in [2.24, 2.45) is 17.8 Å². The van der Waals surface area contributed by atoms with Gasteiger partial charge < -0.3 is 19.6 Å². The van der Waals surface area contributed by atoms with E-state index in [1.165, 1.54) is 32.1 Å². The van der Waals surface area contributed by atoms with E-state index in [1.807, 2.05) is 9.80 Å². The molecule has 1 saturated carbocycles. The van der Waals surface area contributed by atoms with Gasteiger partial charge in [0, 0.05) is 52.0 Å². The highest BCUT2D eigenvalue weighted by atomic mass is 16.5. The predicted molar refractivity (Wildman–Crippen MR) is 118 cm³/mol. The summed E-state index contributed by atoms with van der Waals surface area (Å²) in [4.78, 5) is 28.2. The fourth-order valence-corrected chi connectivity index (χ4v) is 5.60. The second kappa shape index (κ2) is 10.6. The molecule has 1 aliphatic carbocycles. The van der Waals surface area contributed by atoms with Crippen molar-refractivity contribution in [3.8, 4) is 0 Å². The molecular weight excluding hydrogens is 392 g/mol. The van der Waals surface area contributed by atoms with Gasteiger partial charge in [0.2, 0.25) is 11.8 Å². The molecule has 2 amide bonds. The third-order valence-electron chi connectivity index (χ3n) is 7.57. The number of carbonyl (C=O) groups is 2. The lowest BCUT2D eigenvalue weighted by Gasteiger charge is -2.37. The van der Waals surface area contributed by atoms with Crippen LogP contribution in [0.25, 0.3) is 0 Å². The maximum Gasteiger partial charge on any atom is 0.222 e. The molecule has 0 bridgehead atoms. The van der Waals surface area contributed by atoms with Crippen molar-refractivity contribution in [2.45, 2.75) is 64.7 Å². The Morgan fingerprint density at radius 1 is 1.03 bits per heavy atom. The Hall–Kier alpha value is -1.89. The van der Waals surface area contributed by atoms with Gasteiger partial charge in [0.05, 0.1) is 5.69 Å². The van der Waals surface area contributed by atoms with E-state index in [9.17, 15) is 9.59 Å². The lowest BCUT2D eigenvalue weighted by Crippen LogP contribution is -2.51. The molecule has 0 unspecified atom stereocenters. The Morgan fingerprint density at radius 3 is 2.52 bits per heavy atom. The molecular formula is C24H38N4O3. The third-order valence-corrected chi connectivity index (χ3v) is 7.57. The number of hydrogen-bond donors (Lipinski definition) is 1. The van der Waals surface area contributed by atoms with Gasteiger partial charge in [-0.1, -0.05) is 37.3 Å². The first-order valence-corrected chi connectivity index (χ1v) is 12.3. The lowest BCUT2D eigenvalue weighted by molar-refractivity contribution is -0.139. The summed E-state index contributed by atoms with van der Waals surface area (Å²) in [6.45, 7) is 6.11. The van der Waals surface area contributed by atoms with Gasteiger partial charge in [-0.2, -0.15) is 0 Å². The minimum Gasteiger partial charge on any atom is -0.361 e. The summed E-state index contributed by atoms with van der Waals surface area (Å²) >= 11 is 0. The number of piperazine rings is 1. The standard InChI is InChI=1S/C24H38N4O3/c1-18(29)27-9-11-28(12-10-27)24(30)15-20-7-8-25-17-21(20)14-22-16-23(31-26-22)13-19-5-3-2-4-6-19/h16,19-21,25H,2-15,17H2,1H3/t20-,21-/m0/s1. The second-order valence-corrected chi connectivity index (χ2v) is 9.80. The van der Waals surface area contributed by atoms with E-state index in [4.69, 9.17) is 4.52 Å². The molecule has 31 heavy (non-hydrogen) atoms. The quantitative estimate of drug-likeness (QED) is 0.751. The number of nitrogens with one attached hydrogen (secondary N) is 1. The zero-order valence-electron chi connectivity index (χ0n) is 19.0. The first-order valence-electron chi connectivity index (χ1n) is 12.3. The molecule has 4 rings (SSSR count). The maximum atomic E-state index is 12.9. The Labute approximate surface area is 185 Å². The molecule has 2 aliphatic heterocycles. The van der Waals surface area contributed by atoms with Crippen molar-refractivity contribution in [2.75, 3.05) is 39.3 Å². The highest BCUT2D eigenvalue weighted by Gasteiger charge is 2.31. The summed E-state index contributed by atoms with van der Waals surface area (Å²) in [5.41, 5.74) is 1.03. The predicted octanol–water partition coefficient (Wildman–Crippen LogP) is 2.65. The summed E-state index contributed by atoms with van der Waals surface area (Å²) < 4.78 is 5.67. The number of nitrogens with zero attached hydrogens (tertiary/aromatic N) is 3. The van der Waals surface area contributed by atoms with Crippen LogP contribution in [0.1, 0.15) is 63.3 Å². The largest absolute Gasteiger partial charge is 0.361 e. The van der Waals surface area contributed by atoms with Gasteiger partial charge in [-0.25, -0.2) is 0 Å². The van der Waals surface area contributed by atoms with Crippen molar-refractivity contribution in [1.29, 1.82) is 0 Å². The molecule has 3 aliphatic rings. The van der Waals surface area contributed by atoms with Crippen LogP contribution in [0, 0.1) is 17.8 Å². The molecule has 172 valence electrons. The highest BCUT2D eigenvalue weighted by molar-refractivity contribution is 5.77. The van der Waals surface area contributed by atoms with Crippen LogP contribution in [-0.4, -0.2) is 66.0 Å². The van der Waals surface area contributed by atoms with E-state index in [-0.39, 0.29) is 11.8 Å². The fraction of sp³-hybridized carbons (Fsp3) is 0.792. The van der Waals surface area contributed by atoms with Gasteiger partial charge in [0.25, 0.3) is 0 Å². The van der Waals surface area contributed by atoms with Gasteiger partial charge in [0.1, 0.15) is 5.76 Å². The molecule has 7 nitrogen and oxygen atoms in total. The van der Waals surface area contributed by atoms with Crippen LogP contribution < -0.4 is 5.32 Å². The van der Waals surface area contributed by atoms with Gasteiger partial charge in [0.15, 0.2) is 0 Å². The molecule has 1 aromatic heterocycles. The molecule has 2 atom stereocenters. The average Bonchev–Trinajstić information content (AvgIpc) is 3.22. The Bertz CT molecular complexity index is 735. The SMILES string of the molecule is CC(=O)N1CCN(C(=O)C[C@@H]2CCNC[C@@H]2Cc2cc(CC3CCCCC3)on2)CC1. The topological polar surface area (TPSA) is 78.7 Å². The molecule has 1 N–H and O–H groups in total. The summed E-state index contributed by atoms with van der Waals surface area (Å²) in [5.74, 6) is 2.89. The zero-order valence-corrected chi connectivity index (χ0v) is 19.0. The fourth-order valence-electron chi connectivity index (χ4n) is 5.60. The van der Waals surface area contributed by atoms with Gasteiger partial charge in [-0.3, -0.25) is 9.59 Å². The van der Waals surface area contributed by atoms with Crippen LogP contribution in [0.5, 0.6) is 0 Å². The lowest BCUT2D eigenvalue weighted by atomic mass is 9.80. The van der Waals surface area contributed by atoms with E-state index >= 15 is 0 Å². The second-order valence-electron chi connectivity index (χ2n) is 9.80. The van der Waals surface area contributed by atoms with Gasteiger partial charge in [-0.05, 0) is 43.7 Å². The van der Waals surface area contributed by atoms with Crippen molar-refractivity contribution in [1.82, 2.24) is 20.3 Å². The molecule has 0 radical (unpaired) electrons. The van der Waals surface area contributed by atoms with E-state index in [0.29, 0.717) is 44.4 Å². The number of aromatic nitrogens is 1. The molecule has 1 aromatic rings.